The second kappa shape index (κ2) is 5.12. The van der Waals surface area contributed by atoms with Gasteiger partial charge >= 0.3 is 5.97 Å². The molecule has 1 aliphatic heterocycles. The summed E-state index contributed by atoms with van der Waals surface area (Å²) in [5, 5.41) is 9.08. The molecule has 1 saturated heterocycles. The number of piperidine rings is 1. The van der Waals surface area contributed by atoms with Crippen molar-refractivity contribution in [2.24, 2.45) is 0 Å². The lowest BCUT2D eigenvalue weighted by molar-refractivity contribution is -0.143. The van der Waals surface area contributed by atoms with E-state index in [1.807, 2.05) is 0 Å². The highest BCUT2D eigenvalue weighted by Gasteiger charge is 2.32. The largest absolute Gasteiger partial charge is 0.480 e. The van der Waals surface area contributed by atoms with Crippen LogP contribution in [-0.4, -0.2) is 39.5 Å². The van der Waals surface area contributed by atoms with Gasteiger partial charge in [-0.15, -0.1) is 0 Å². The molecule has 0 saturated carbocycles. The highest BCUT2D eigenvalue weighted by molar-refractivity contribution is 5.96. The van der Waals surface area contributed by atoms with Crippen LogP contribution in [0.3, 0.4) is 0 Å². The Bertz CT molecular complexity index is 461. The maximum Gasteiger partial charge on any atom is 0.326 e. The summed E-state index contributed by atoms with van der Waals surface area (Å²) in [5.74, 6) is -2.08. The first-order valence-electron chi connectivity index (χ1n) is 5.75. The van der Waals surface area contributed by atoms with Gasteiger partial charge in [0, 0.05) is 12.7 Å². The minimum Gasteiger partial charge on any atom is -0.480 e. The van der Waals surface area contributed by atoms with Crippen molar-refractivity contribution < 1.29 is 19.1 Å². The van der Waals surface area contributed by atoms with Gasteiger partial charge in [0.15, 0.2) is 0 Å². The maximum absolute atomic E-state index is 12.7. The summed E-state index contributed by atoms with van der Waals surface area (Å²) in [4.78, 5) is 27.9. The molecule has 1 aromatic heterocycles. The molecule has 2 heterocycles. The van der Waals surface area contributed by atoms with Crippen LogP contribution in [-0.2, 0) is 4.79 Å². The zero-order chi connectivity index (χ0) is 13.1. The molecule has 2 rings (SSSR count). The van der Waals surface area contributed by atoms with Crippen molar-refractivity contribution in [2.75, 3.05) is 6.54 Å². The van der Waals surface area contributed by atoms with Gasteiger partial charge in [-0.25, -0.2) is 9.78 Å². The Morgan fingerprint density at radius 2 is 2.17 bits per heavy atom. The number of carbonyl (C=O) groups excluding carboxylic acids is 1. The zero-order valence-corrected chi connectivity index (χ0v) is 9.67. The van der Waals surface area contributed by atoms with Gasteiger partial charge in [0.1, 0.15) is 6.04 Å². The minimum atomic E-state index is -1.00. The average Bonchev–Trinajstić information content (AvgIpc) is 2.39. The molecule has 6 heteroatoms. The molecule has 1 fully saturated rings. The summed E-state index contributed by atoms with van der Waals surface area (Å²) in [6.45, 7) is 0.410. The van der Waals surface area contributed by atoms with Gasteiger partial charge in [-0.1, -0.05) is 0 Å². The number of pyridine rings is 1. The number of carboxylic acids is 1. The summed E-state index contributed by atoms with van der Waals surface area (Å²) >= 11 is 0. The molecule has 0 bridgehead atoms. The number of hydrogen-bond acceptors (Lipinski definition) is 3. The molecule has 0 radical (unpaired) electrons. The SMILES string of the molecule is O=C(O)C1CCCCN1C(=O)c1ccc(F)nc1. The number of amides is 1. The topological polar surface area (TPSA) is 70.5 Å². The third-order valence-corrected chi connectivity index (χ3v) is 3.02. The third kappa shape index (κ3) is 2.47. The quantitative estimate of drug-likeness (QED) is 0.805. The van der Waals surface area contributed by atoms with Gasteiger partial charge in [0.05, 0.1) is 5.56 Å². The Morgan fingerprint density at radius 1 is 1.39 bits per heavy atom. The van der Waals surface area contributed by atoms with Crippen molar-refractivity contribution in [3.8, 4) is 0 Å². The van der Waals surface area contributed by atoms with E-state index in [1.165, 1.54) is 11.0 Å². The number of aromatic nitrogens is 1. The fourth-order valence-corrected chi connectivity index (χ4v) is 2.10. The molecule has 1 unspecified atom stereocenters. The first-order valence-corrected chi connectivity index (χ1v) is 5.75. The van der Waals surface area contributed by atoms with Crippen LogP contribution >= 0.6 is 0 Å². The molecule has 0 aliphatic carbocycles. The predicted molar refractivity (Wildman–Crippen MR) is 60.5 cm³/mol. The lowest BCUT2D eigenvalue weighted by atomic mass is 10.0. The first-order chi connectivity index (χ1) is 8.59. The van der Waals surface area contributed by atoms with E-state index in [0.717, 1.165) is 25.1 Å². The second-order valence-corrected chi connectivity index (χ2v) is 4.22. The van der Waals surface area contributed by atoms with E-state index in [1.54, 1.807) is 0 Å². The van der Waals surface area contributed by atoms with E-state index >= 15 is 0 Å². The van der Waals surface area contributed by atoms with Crippen LogP contribution in [0.5, 0.6) is 0 Å². The monoisotopic (exact) mass is 252 g/mol. The lowest BCUT2D eigenvalue weighted by Gasteiger charge is -2.32. The molecule has 0 spiro atoms. The van der Waals surface area contributed by atoms with Gasteiger partial charge in [0.25, 0.3) is 5.91 Å². The van der Waals surface area contributed by atoms with Crippen LogP contribution in [0.2, 0.25) is 0 Å². The van der Waals surface area contributed by atoms with Crippen molar-refractivity contribution >= 4 is 11.9 Å². The summed E-state index contributed by atoms with van der Waals surface area (Å²) in [5.41, 5.74) is 0.213. The molecule has 1 aliphatic rings. The van der Waals surface area contributed by atoms with Gasteiger partial charge in [-0.3, -0.25) is 4.79 Å². The number of likely N-dealkylation sites (tertiary alicyclic amines) is 1. The molecule has 96 valence electrons. The Balaban J connectivity index is 2.20. The van der Waals surface area contributed by atoms with Crippen LogP contribution in [0.15, 0.2) is 18.3 Å². The standard InChI is InChI=1S/C12H13FN2O3/c13-10-5-4-8(7-14-10)11(16)15-6-2-1-3-9(15)12(17)18/h4-5,7,9H,1-3,6H2,(H,17,18). The van der Waals surface area contributed by atoms with Crippen molar-refractivity contribution in [3.05, 3.63) is 29.8 Å². The summed E-state index contributed by atoms with van der Waals surface area (Å²) in [6, 6.07) is 1.61. The molecule has 1 atom stereocenters. The van der Waals surface area contributed by atoms with Crippen molar-refractivity contribution in [3.63, 3.8) is 0 Å². The number of hydrogen-bond donors (Lipinski definition) is 1. The molecule has 5 nitrogen and oxygen atoms in total. The van der Waals surface area contributed by atoms with Gasteiger partial charge in [-0.05, 0) is 31.4 Å². The summed E-state index contributed by atoms with van der Waals surface area (Å²) in [6.07, 6.45) is 3.16. The molecule has 0 aromatic carbocycles. The minimum absolute atomic E-state index is 0.213. The van der Waals surface area contributed by atoms with E-state index in [9.17, 15) is 14.0 Å². The number of aliphatic carboxylic acids is 1. The predicted octanol–water partition coefficient (Wildman–Crippen LogP) is 1.30. The Morgan fingerprint density at radius 3 is 2.78 bits per heavy atom. The van der Waals surface area contributed by atoms with E-state index in [-0.39, 0.29) is 5.56 Å². The van der Waals surface area contributed by atoms with Gasteiger partial charge in [-0.2, -0.15) is 4.39 Å². The van der Waals surface area contributed by atoms with E-state index in [4.69, 9.17) is 5.11 Å². The highest BCUT2D eigenvalue weighted by atomic mass is 19.1. The second-order valence-electron chi connectivity index (χ2n) is 4.22. The van der Waals surface area contributed by atoms with Crippen LogP contribution in [0.1, 0.15) is 29.6 Å². The lowest BCUT2D eigenvalue weighted by Crippen LogP contribution is -2.48. The number of halogens is 1. The normalized spacial score (nSPS) is 19.6. The van der Waals surface area contributed by atoms with E-state index in [0.29, 0.717) is 13.0 Å². The van der Waals surface area contributed by atoms with Crippen molar-refractivity contribution in [1.29, 1.82) is 0 Å². The van der Waals surface area contributed by atoms with Crippen LogP contribution in [0, 0.1) is 5.95 Å². The van der Waals surface area contributed by atoms with Crippen LogP contribution in [0.25, 0.3) is 0 Å². The molecule has 1 aromatic rings. The molecule has 1 N–H and O–H groups in total. The Hall–Kier alpha value is -1.98. The zero-order valence-electron chi connectivity index (χ0n) is 9.67. The average molecular weight is 252 g/mol. The van der Waals surface area contributed by atoms with Crippen molar-refractivity contribution in [2.45, 2.75) is 25.3 Å². The Kier molecular flexibility index (Phi) is 3.55. The first kappa shape index (κ1) is 12.5. The fraction of sp³-hybridized carbons (Fsp3) is 0.417. The van der Waals surface area contributed by atoms with Crippen molar-refractivity contribution in [1.82, 2.24) is 9.88 Å². The van der Waals surface area contributed by atoms with E-state index in [2.05, 4.69) is 4.98 Å². The maximum atomic E-state index is 12.7. The van der Waals surface area contributed by atoms with Crippen LogP contribution in [0.4, 0.5) is 4.39 Å². The smallest absolute Gasteiger partial charge is 0.326 e. The number of nitrogens with zero attached hydrogens (tertiary/aromatic N) is 2. The Labute approximate surface area is 103 Å². The molecular formula is C12H13FN2O3. The molecule has 18 heavy (non-hydrogen) atoms. The fourth-order valence-electron chi connectivity index (χ4n) is 2.10. The van der Waals surface area contributed by atoms with Crippen LogP contribution < -0.4 is 0 Å². The number of carboxylic acid groups (broad SMARTS) is 1. The van der Waals surface area contributed by atoms with E-state index < -0.39 is 23.9 Å². The summed E-state index contributed by atoms with van der Waals surface area (Å²) < 4.78 is 12.7. The molecule has 1 amide bonds. The third-order valence-electron chi connectivity index (χ3n) is 3.02. The molecular weight excluding hydrogens is 239 g/mol. The number of rotatable bonds is 2. The highest BCUT2D eigenvalue weighted by Crippen LogP contribution is 2.19. The summed E-state index contributed by atoms with van der Waals surface area (Å²) in [7, 11) is 0. The van der Waals surface area contributed by atoms with Gasteiger partial charge < -0.3 is 10.0 Å². The van der Waals surface area contributed by atoms with Gasteiger partial charge in [0.2, 0.25) is 5.95 Å². The number of carbonyl (C=O) groups is 2.